The Morgan fingerprint density at radius 2 is 1.93 bits per heavy atom. The lowest BCUT2D eigenvalue weighted by Gasteiger charge is -2.33. The fourth-order valence-corrected chi connectivity index (χ4v) is 4.14. The summed E-state index contributed by atoms with van der Waals surface area (Å²) in [7, 11) is 4.24. The Kier molecular flexibility index (Phi) is 4.84. The number of nitriles is 1. The predicted octanol–water partition coefficient (Wildman–Crippen LogP) is 5.15. The van der Waals surface area contributed by atoms with Crippen molar-refractivity contribution in [2.45, 2.75) is 45.2 Å². The third-order valence-corrected chi connectivity index (χ3v) is 5.59. The first-order chi connectivity index (χ1) is 13.8. The molecule has 5 heteroatoms. The number of hydrogen-bond donors (Lipinski definition) is 0. The first-order valence-electron chi connectivity index (χ1n) is 10.2. The Bertz CT molecular complexity index is 1070. The van der Waals surface area contributed by atoms with Crippen molar-refractivity contribution in [3.05, 3.63) is 47.9 Å². The number of aromatic nitrogens is 1. The van der Waals surface area contributed by atoms with Crippen molar-refractivity contribution in [1.82, 2.24) is 9.88 Å². The van der Waals surface area contributed by atoms with Gasteiger partial charge in [-0.1, -0.05) is 51.1 Å². The molecule has 5 nitrogen and oxygen atoms in total. The van der Waals surface area contributed by atoms with E-state index in [-0.39, 0.29) is 11.6 Å². The van der Waals surface area contributed by atoms with Gasteiger partial charge in [-0.25, -0.2) is 4.98 Å². The number of hydrogen-bond acceptors (Lipinski definition) is 5. The zero-order chi connectivity index (χ0) is 20.8. The van der Waals surface area contributed by atoms with Gasteiger partial charge in [0.05, 0.1) is 17.4 Å². The van der Waals surface area contributed by atoms with Crippen LogP contribution in [-0.2, 0) is 5.41 Å². The molecule has 1 aliphatic rings. The van der Waals surface area contributed by atoms with Crippen LogP contribution in [0, 0.1) is 11.3 Å². The van der Waals surface area contributed by atoms with Crippen LogP contribution in [0.2, 0.25) is 0 Å². The van der Waals surface area contributed by atoms with E-state index in [9.17, 15) is 5.26 Å². The largest absolute Gasteiger partial charge is 0.438 e. The second kappa shape index (κ2) is 7.20. The average Bonchev–Trinajstić information content (AvgIpc) is 3.34. The van der Waals surface area contributed by atoms with E-state index in [1.165, 1.54) is 0 Å². The molecular formula is C24H28N4O. The zero-order valence-electron chi connectivity index (χ0n) is 17.9. The summed E-state index contributed by atoms with van der Waals surface area (Å²) in [6, 6.07) is 14.6. The van der Waals surface area contributed by atoms with Gasteiger partial charge >= 0.3 is 0 Å². The molecule has 1 fully saturated rings. The maximum absolute atomic E-state index is 9.86. The van der Waals surface area contributed by atoms with E-state index in [1.807, 2.05) is 24.3 Å². The molecule has 150 valence electrons. The number of anilines is 1. The van der Waals surface area contributed by atoms with E-state index in [2.05, 4.69) is 62.9 Å². The standard InChI is InChI=1S/C24H28N4O/c1-24(2,3)23-26-20-17(15-25)14-18(16-10-7-6-8-11-16)21(22(20)29-23)28-13-9-12-19(28)27(4)5/h6-8,10-11,14,19H,9,12-13H2,1-5H3/t19-/m0/s1. The van der Waals surface area contributed by atoms with Gasteiger partial charge in [0.1, 0.15) is 11.6 Å². The Morgan fingerprint density at radius 1 is 1.21 bits per heavy atom. The molecule has 1 atom stereocenters. The monoisotopic (exact) mass is 388 g/mol. The highest BCUT2D eigenvalue weighted by Crippen LogP contribution is 2.43. The lowest BCUT2D eigenvalue weighted by Crippen LogP contribution is -2.40. The molecule has 3 aromatic rings. The van der Waals surface area contributed by atoms with Gasteiger partial charge in [0.15, 0.2) is 5.58 Å². The summed E-state index contributed by atoms with van der Waals surface area (Å²) in [6.07, 6.45) is 2.51. The average molecular weight is 389 g/mol. The maximum atomic E-state index is 9.86. The van der Waals surface area contributed by atoms with Crippen LogP contribution in [0.3, 0.4) is 0 Å². The third kappa shape index (κ3) is 3.38. The minimum atomic E-state index is -0.234. The van der Waals surface area contributed by atoms with Crippen molar-refractivity contribution >= 4 is 16.8 Å². The van der Waals surface area contributed by atoms with Crippen molar-refractivity contribution in [3.8, 4) is 17.2 Å². The minimum Gasteiger partial charge on any atom is -0.438 e. The fourth-order valence-electron chi connectivity index (χ4n) is 4.14. The number of nitrogens with zero attached hydrogens (tertiary/aromatic N) is 4. The van der Waals surface area contributed by atoms with Crippen LogP contribution in [0.1, 0.15) is 45.1 Å². The first kappa shape index (κ1) is 19.5. The predicted molar refractivity (Wildman–Crippen MR) is 117 cm³/mol. The van der Waals surface area contributed by atoms with Crippen molar-refractivity contribution in [3.63, 3.8) is 0 Å². The molecule has 1 saturated heterocycles. The Morgan fingerprint density at radius 3 is 2.55 bits per heavy atom. The van der Waals surface area contributed by atoms with Gasteiger partial charge in [0.25, 0.3) is 0 Å². The maximum Gasteiger partial charge on any atom is 0.201 e. The van der Waals surface area contributed by atoms with E-state index in [0.717, 1.165) is 41.8 Å². The highest BCUT2D eigenvalue weighted by atomic mass is 16.4. The number of oxazole rings is 1. The van der Waals surface area contributed by atoms with Gasteiger partial charge in [-0.3, -0.25) is 4.90 Å². The molecule has 1 aliphatic heterocycles. The Balaban J connectivity index is 2.07. The summed E-state index contributed by atoms with van der Waals surface area (Å²) in [6.45, 7) is 7.20. The van der Waals surface area contributed by atoms with E-state index in [1.54, 1.807) is 0 Å². The smallest absolute Gasteiger partial charge is 0.201 e. The van der Waals surface area contributed by atoms with Crippen LogP contribution in [0.25, 0.3) is 22.2 Å². The highest BCUT2D eigenvalue weighted by molar-refractivity contribution is 6.00. The minimum absolute atomic E-state index is 0.234. The van der Waals surface area contributed by atoms with Gasteiger partial charge in [-0.15, -0.1) is 0 Å². The molecule has 2 heterocycles. The number of benzene rings is 2. The van der Waals surface area contributed by atoms with Crippen molar-refractivity contribution < 1.29 is 4.42 Å². The number of fused-ring (bicyclic) bond motifs is 1. The van der Waals surface area contributed by atoms with Crippen LogP contribution in [0.4, 0.5) is 5.69 Å². The highest BCUT2D eigenvalue weighted by Gasteiger charge is 2.33. The molecule has 0 amide bonds. The van der Waals surface area contributed by atoms with Crippen LogP contribution in [0.5, 0.6) is 0 Å². The molecule has 0 radical (unpaired) electrons. The van der Waals surface area contributed by atoms with E-state index in [0.29, 0.717) is 17.0 Å². The Hall–Kier alpha value is -2.84. The summed E-state index contributed by atoms with van der Waals surface area (Å²) in [5.74, 6) is 0.663. The molecule has 0 saturated carbocycles. The quantitative estimate of drug-likeness (QED) is 0.621. The molecular weight excluding hydrogens is 360 g/mol. The van der Waals surface area contributed by atoms with Crippen LogP contribution < -0.4 is 4.90 Å². The molecule has 29 heavy (non-hydrogen) atoms. The molecule has 1 aromatic heterocycles. The topological polar surface area (TPSA) is 56.3 Å². The van der Waals surface area contributed by atoms with E-state index >= 15 is 0 Å². The van der Waals surface area contributed by atoms with Gasteiger partial charge in [-0.05, 0) is 38.6 Å². The van der Waals surface area contributed by atoms with E-state index in [4.69, 9.17) is 9.40 Å². The summed E-state index contributed by atoms with van der Waals surface area (Å²) in [5.41, 5.74) is 4.87. The number of rotatable bonds is 3. The molecule has 0 bridgehead atoms. The lowest BCUT2D eigenvalue weighted by molar-refractivity contribution is 0.301. The molecule has 0 spiro atoms. The third-order valence-electron chi connectivity index (χ3n) is 5.59. The van der Waals surface area contributed by atoms with Crippen LogP contribution >= 0.6 is 0 Å². The second-order valence-electron chi connectivity index (χ2n) is 9.02. The summed E-state index contributed by atoms with van der Waals surface area (Å²) < 4.78 is 6.39. The first-order valence-corrected chi connectivity index (χ1v) is 10.2. The van der Waals surface area contributed by atoms with E-state index < -0.39 is 0 Å². The van der Waals surface area contributed by atoms with Crippen LogP contribution in [-0.4, -0.2) is 36.7 Å². The second-order valence-corrected chi connectivity index (χ2v) is 9.02. The molecule has 0 N–H and O–H groups in total. The van der Waals surface area contributed by atoms with Gasteiger partial charge < -0.3 is 9.32 Å². The van der Waals surface area contributed by atoms with Gasteiger partial charge in [0, 0.05) is 17.5 Å². The van der Waals surface area contributed by atoms with Crippen molar-refractivity contribution in [2.24, 2.45) is 0 Å². The van der Waals surface area contributed by atoms with Gasteiger partial charge in [0.2, 0.25) is 5.89 Å². The van der Waals surface area contributed by atoms with Crippen molar-refractivity contribution in [2.75, 3.05) is 25.5 Å². The molecule has 4 rings (SSSR count). The normalized spacial score (nSPS) is 17.3. The fraction of sp³-hybridized carbons (Fsp3) is 0.417. The summed E-state index contributed by atoms with van der Waals surface area (Å²) in [4.78, 5) is 9.44. The molecule has 0 aliphatic carbocycles. The SMILES string of the molecule is CN(C)[C@@H]1CCCN1c1c(-c2ccccc2)cc(C#N)c2nc(C(C)(C)C)oc12. The summed E-state index contributed by atoms with van der Waals surface area (Å²) >= 11 is 0. The molecule has 0 unspecified atom stereocenters. The molecule has 2 aromatic carbocycles. The zero-order valence-corrected chi connectivity index (χ0v) is 17.9. The van der Waals surface area contributed by atoms with Crippen molar-refractivity contribution in [1.29, 1.82) is 5.26 Å². The lowest BCUT2D eigenvalue weighted by atomic mass is 9.97. The summed E-state index contributed by atoms with van der Waals surface area (Å²) in [5, 5.41) is 9.86. The van der Waals surface area contributed by atoms with Crippen LogP contribution in [0.15, 0.2) is 40.8 Å². The Labute approximate surface area is 172 Å². The van der Waals surface area contributed by atoms with Gasteiger partial charge in [-0.2, -0.15) is 5.26 Å².